The van der Waals surface area contributed by atoms with Gasteiger partial charge in [0.25, 0.3) is 0 Å². The lowest BCUT2D eigenvalue weighted by Crippen LogP contribution is -2.56. The Bertz CT molecular complexity index is 424. The Hall–Kier alpha value is -1.55. The summed E-state index contributed by atoms with van der Waals surface area (Å²) in [5.41, 5.74) is 9.19. The number of piperazine rings is 1. The number of carbonyl (C=O) groups is 1. The SMILES string of the molecule is Cc1cc(C)cc(N2CCNC(=O)C2CCN)c1. The minimum atomic E-state index is -0.134. The Morgan fingerprint density at radius 1 is 1.33 bits per heavy atom. The van der Waals surface area contributed by atoms with Gasteiger partial charge in [0, 0.05) is 18.8 Å². The van der Waals surface area contributed by atoms with Crippen molar-refractivity contribution in [1.82, 2.24) is 5.32 Å². The van der Waals surface area contributed by atoms with Crippen molar-refractivity contribution in [2.75, 3.05) is 24.5 Å². The Balaban J connectivity index is 2.30. The molecular weight excluding hydrogens is 226 g/mol. The van der Waals surface area contributed by atoms with E-state index in [1.807, 2.05) is 0 Å². The summed E-state index contributed by atoms with van der Waals surface area (Å²) in [4.78, 5) is 14.1. The first-order valence-corrected chi connectivity index (χ1v) is 6.44. The number of hydrogen-bond donors (Lipinski definition) is 2. The summed E-state index contributed by atoms with van der Waals surface area (Å²) >= 11 is 0. The molecule has 1 heterocycles. The normalized spacial score (nSPS) is 19.8. The lowest BCUT2D eigenvalue weighted by molar-refractivity contribution is -0.123. The van der Waals surface area contributed by atoms with Gasteiger partial charge in [-0.2, -0.15) is 0 Å². The van der Waals surface area contributed by atoms with E-state index in [9.17, 15) is 4.79 Å². The van der Waals surface area contributed by atoms with Crippen LogP contribution in [0.15, 0.2) is 18.2 Å². The lowest BCUT2D eigenvalue weighted by atomic mass is 10.0. The fourth-order valence-corrected chi connectivity index (χ4v) is 2.59. The molecule has 1 atom stereocenters. The fraction of sp³-hybridized carbons (Fsp3) is 0.500. The van der Waals surface area contributed by atoms with Gasteiger partial charge in [-0.15, -0.1) is 0 Å². The topological polar surface area (TPSA) is 58.4 Å². The molecule has 18 heavy (non-hydrogen) atoms. The van der Waals surface area contributed by atoms with Crippen molar-refractivity contribution >= 4 is 11.6 Å². The average molecular weight is 247 g/mol. The second-order valence-corrected chi connectivity index (χ2v) is 4.92. The molecular formula is C14H21N3O. The summed E-state index contributed by atoms with van der Waals surface area (Å²) in [6.45, 7) is 6.24. The minimum Gasteiger partial charge on any atom is -0.358 e. The number of amides is 1. The van der Waals surface area contributed by atoms with Crippen LogP contribution in [0.25, 0.3) is 0 Å². The molecule has 3 N–H and O–H groups in total. The predicted molar refractivity (Wildman–Crippen MR) is 73.7 cm³/mol. The maximum absolute atomic E-state index is 11.9. The van der Waals surface area contributed by atoms with E-state index >= 15 is 0 Å². The van der Waals surface area contributed by atoms with E-state index in [1.54, 1.807) is 0 Å². The van der Waals surface area contributed by atoms with Crippen molar-refractivity contribution in [2.24, 2.45) is 5.73 Å². The molecule has 1 saturated heterocycles. The van der Waals surface area contributed by atoms with Crippen molar-refractivity contribution in [3.63, 3.8) is 0 Å². The first-order chi connectivity index (χ1) is 8.61. The van der Waals surface area contributed by atoms with E-state index in [-0.39, 0.29) is 11.9 Å². The molecule has 1 aliphatic rings. The molecule has 0 spiro atoms. The van der Waals surface area contributed by atoms with Gasteiger partial charge in [0.05, 0.1) is 0 Å². The van der Waals surface area contributed by atoms with Gasteiger partial charge in [-0.3, -0.25) is 4.79 Å². The van der Waals surface area contributed by atoms with Crippen LogP contribution in [0.3, 0.4) is 0 Å². The number of anilines is 1. The summed E-state index contributed by atoms with van der Waals surface area (Å²) in [5, 5.41) is 2.91. The zero-order chi connectivity index (χ0) is 13.1. The van der Waals surface area contributed by atoms with Crippen molar-refractivity contribution in [3.05, 3.63) is 29.3 Å². The van der Waals surface area contributed by atoms with Gasteiger partial charge in [-0.1, -0.05) is 6.07 Å². The van der Waals surface area contributed by atoms with Gasteiger partial charge in [0.15, 0.2) is 0 Å². The molecule has 2 rings (SSSR count). The maximum atomic E-state index is 11.9. The van der Waals surface area contributed by atoms with E-state index in [1.165, 1.54) is 11.1 Å². The molecule has 1 unspecified atom stereocenters. The van der Waals surface area contributed by atoms with Crippen LogP contribution in [-0.4, -0.2) is 31.6 Å². The first kappa shape index (κ1) is 12.9. The van der Waals surface area contributed by atoms with E-state index in [2.05, 4.69) is 42.3 Å². The Morgan fingerprint density at radius 2 is 2.00 bits per heavy atom. The number of hydrogen-bond acceptors (Lipinski definition) is 3. The van der Waals surface area contributed by atoms with Gasteiger partial charge in [0.1, 0.15) is 6.04 Å². The summed E-state index contributed by atoms with van der Waals surface area (Å²) in [5.74, 6) is 0.0888. The van der Waals surface area contributed by atoms with Crippen LogP contribution in [-0.2, 0) is 4.79 Å². The van der Waals surface area contributed by atoms with Crippen LogP contribution in [0.2, 0.25) is 0 Å². The molecule has 0 bridgehead atoms. The van der Waals surface area contributed by atoms with Crippen LogP contribution >= 0.6 is 0 Å². The largest absolute Gasteiger partial charge is 0.358 e. The van der Waals surface area contributed by atoms with Crippen LogP contribution in [0.5, 0.6) is 0 Å². The van der Waals surface area contributed by atoms with E-state index < -0.39 is 0 Å². The Morgan fingerprint density at radius 3 is 2.61 bits per heavy atom. The average Bonchev–Trinajstić information content (AvgIpc) is 2.30. The number of aryl methyl sites for hydroxylation is 2. The smallest absolute Gasteiger partial charge is 0.242 e. The van der Waals surface area contributed by atoms with Crippen molar-refractivity contribution in [1.29, 1.82) is 0 Å². The van der Waals surface area contributed by atoms with E-state index in [0.717, 1.165) is 12.2 Å². The van der Waals surface area contributed by atoms with Gasteiger partial charge in [0.2, 0.25) is 5.91 Å². The molecule has 1 aliphatic heterocycles. The molecule has 0 saturated carbocycles. The number of carbonyl (C=O) groups excluding carboxylic acids is 1. The highest BCUT2D eigenvalue weighted by atomic mass is 16.2. The fourth-order valence-electron chi connectivity index (χ4n) is 2.59. The Labute approximate surface area is 108 Å². The van der Waals surface area contributed by atoms with E-state index in [4.69, 9.17) is 5.73 Å². The van der Waals surface area contributed by atoms with Crippen LogP contribution in [0.1, 0.15) is 17.5 Å². The lowest BCUT2D eigenvalue weighted by Gasteiger charge is -2.37. The number of nitrogens with one attached hydrogen (secondary N) is 1. The summed E-state index contributed by atoms with van der Waals surface area (Å²) < 4.78 is 0. The molecule has 0 aliphatic carbocycles. The van der Waals surface area contributed by atoms with Gasteiger partial charge in [-0.25, -0.2) is 0 Å². The van der Waals surface area contributed by atoms with Crippen molar-refractivity contribution in [2.45, 2.75) is 26.3 Å². The van der Waals surface area contributed by atoms with Crippen molar-refractivity contribution < 1.29 is 4.79 Å². The molecule has 1 fully saturated rings. The minimum absolute atomic E-state index is 0.0888. The maximum Gasteiger partial charge on any atom is 0.242 e. The molecule has 4 nitrogen and oxygen atoms in total. The molecule has 1 amide bonds. The number of benzene rings is 1. The molecule has 0 radical (unpaired) electrons. The highest BCUT2D eigenvalue weighted by molar-refractivity contribution is 5.86. The number of rotatable bonds is 3. The van der Waals surface area contributed by atoms with E-state index in [0.29, 0.717) is 19.5 Å². The van der Waals surface area contributed by atoms with Crippen molar-refractivity contribution in [3.8, 4) is 0 Å². The number of nitrogens with two attached hydrogens (primary N) is 1. The molecule has 1 aromatic carbocycles. The second-order valence-electron chi connectivity index (χ2n) is 4.92. The molecule has 0 aromatic heterocycles. The first-order valence-electron chi connectivity index (χ1n) is 6.44. The van der Waals surface area contributed by atoms with Gasteiger partial charge in [-0.05, 0) is 50.1 Å². The zero-order valence-corrected chi connectivity index (χ0v) is 11.1. The highest BCUT2D eigenvalue weighted by Crippen LogP contribution is 2.23. The molecule has 4 heteroatoms. The highest BCUT2D eigenvalue weighted by Gasteiger charge is 2.29. The molecule has 98 valence electrons. The Kier molecular flexibility index (Phi) is 3.87. The third-order valence-electron chi connectivity index (χ3n) is 3.31. The van der Waals surface area contributed by atoms with Crippen LogP contribution in [0.4, 0.5) is 5.69 Å². The third kappa shape index (κ3) is 2.64. The molecule has 1 aromatic rings. The van der Waals surface area contributed by atoms with Gasteiger partial charge < -0.3 is 16.0 Å². The standard InChI is InChI=1S/C14H21N3O/c1-10-7-11(2)9-12(8-10)17-6-5-16-14(18)13(17)3-4-15/h7-9,13H,3-6,15H2,1-2H3,(H,16,18). The summed E-state index contributed by atoms with van der Waals surface area (Å²) in [7, 11) is 0. The summed E-state index contributed by atoms with van der Waals surface area (Å²) in [6, 6.07) is 6.28. The zero-order valence-electron chi connectivity index (χ0n) is 11.1. The summed E-state index contributed by atoms with van der Waals surface area (Å²) in [6.07, 6.45) is 0.693. The van der Waals surface area contributed by atoms with Gasteiger partial charge >= 0.3 is 0 Å². The van der Waals surface area contributed by atoms with Crippen LogP contribution in [0, 0.1) is 13.8 Å². The number of nitrogens with zero attached hydrogens (tertiary/aromatic N) is 1. The third-order valence-corrected chi connectivity index (χ3v) is 3.31. The predicted octanol–water partition coefficient (Wildman–Crippen LogP) is 0.957. The van der Waals surface area contributed by atoms with Crippen LogP contribution < -0.4 is 16.0 Å². The monoisotopic (exact) mass is 247 g/mol. The second kappa shape index (κ2) is 5.40. The quantitative estimate of drug-likeness (QED) is 0.836.